The molecule has 4 aliphatic rings. The van der Waals surface area contributed by atoms with Gasteiger partial charge in [-0.25, -0.2) is 0 Å². The molecule has 57 heavy (non-hydrogen) atoms. The molecule has 2 N–H and O–H groups in total. The Morgan fingerprint density at radius 3 is 1.95 bits per heavy atom. The molecule has 0 fully saturated rings. The van der Waals surface area contributed by atoms with Crippen LogP contribution >= 0.6 is 0 Å². The molecule has 0 spiro atoms. The van der Waals surface area contributed by atoms with Gasteiger partial charge in [-0.15, -0.1) is 0 Å². The molecule has 8 rings (SSSR count). The smallest absolute Gasteiger partial charge is 0.257 e. The average molecular weight is 774 g/mol. The molecule has 296 valence electrons. The Labute approximate surface area is 331 Å². The van der Waals surface area contributed by atoms with E-state index in [1.165, 1.54) is 19.1 Å². The number of likely N-dealkylation sites (N-methyl/N-ethyl adjacent to an activating group) is 2. The van der Waals surface area contributed by atoms with Crippen molar-refractivity contribution in [2.75, 3.05) is 57.1 Å². The van der Waals surface area contributed by atoms with Crippen LogP contribution in [0.2, 0.25) is 0 Å². The van der Waals surface area contributed by atoms with Crippen LogP contribution in [0.4, 0.5) is 17.1 Å². The van der Waals surface area contributed by atoms with E-state index in [0.29, 0.717) is 96.6 Å². The number of hydrogen-bond acceptors (Lipinski definition) is 9. The number of nitrogens with zero attached hydrogens (tertiary/aromatic N) is 4. The van der Waals surface area contributed by atoms with Gasteiger partial charge in [0.15, 0.2) is 23.0 Å². The summed E-state index contributed by atoms with van der Waals surface area (Å²) >= 11 is 0. The highest BCUT2D eigenvalue weighted by atomic mass is 16.5. The first-order chi connectivity index (χ1) is 27.4. The van der Waals surface area contributed by atoms with E-state index >= 15 is 0 Å². The Morgan fingerprint density at radius 1 is 0.684 bits per heavy atom. The predicted molar refractivity (Wildman–Crippen MR) is 214 cm³/mol. The van der Waals surface area contributed by atoms with E-state index in [0.717, 1.165) is 28.7 Å². The van der Waals surface area contributed by atoms with Gasteiger partial charge >= 0.3 is 0 Å². The number of anilines is 3. The van der Waals surface area contributed by atoms with Crippen molar-refractivity contribution in [1.82, 2.24) is 9.80 Å². The second-order valence-electron chi connectivity index (χ2n) is 15.4. The first kappa shape index (κ1) is 37.7. The third kappa shape index (κ3) is 6.44. The fourth-order valence-electron chi connectivity index (χ4n) is 8.62. The third-order valence-electron chi connectivity index (χ3n) is 11.9. The lowest BCUT2D eigenvalue weighted by atomic mass is 9.83. The predicted octanol–water partition coefficient (Wildman–Crippen LogP) is 5.39. The zero-order valence-corrected chi connectivity index (χ0v) is 32.9. The lowest BCUT2D eigenvalue weighted by molar-refractivity contribution is -0.128. The number of fused-ring (bicyclic) bond motifs is 6. The average Bonchev–Trinajstić information content (AvgIpc) is 3.32. The number of amides is 4. The monoisotopic (exact) mass is 773 g/mol. The molecule has 1 unspecified atom stereocenters. The molecular formula is C44H47N5O8. The van der Waals surface area contributed by atoms with Crippen molar-refractivity contribution < 1.29 is 38.1 Å². The van der Waals surface area contributed by atoms with Crippen molar-refractivity contribution in [1.29, 1.82) is 0 Å². The van der Waals surface area contributed by atoms with Crippen molar-refractivity contribution in [2.45, 2.75) is 63.7 Å². The number of rotatable bonds is 10. The van der Waals surface area contributed by atoms with Crippen LogP contribution in [0.5, 0.6) is 23.0 Å². The van der Waals surface area contributed by atoms with Crippen LogP contribution in [0.1, 0.15) is 69.2 Å². The number of hydrogen-bond donors (Lipinski definition) is 1. The summed E-state index contributed by atoms with van der Waals surface area (Å²) in [6.07, 6.45) is 2.99. The number of methoxy groups -OCH3 is 2. The van der Waals surface area contributed by atoms with Crippen LogP contribution in [-0.2, 0) is 35.5 Å². The number of carbonyl (C=O) groups excluding carboxylic acids is 4. The quantitative estimate of drug-likeness (QED) is 0.166. The van der Waals surface area contributed by atoms with E-state index in [1.807, 2.05) is 49.4 Å². The first-order valence-electron chi connectivity index (χ1n) is 19.3. The third-order valence-corrected chi connectivity index (χ3v) is 11.9. The van der Waals surface area contributed by atoms with Crippen LogP contribution in [0, 0.1) is 0 Å². The summed E-state index contributed by atoms with van der Waals surface area (Å²) in [6, 6.07) is 19.7. The topological polar surface area (TPSA) is 144 Å². The summed E-state index contributed by atoms with van der Waals surface area (Å²) in [6.45, 7) is 3.20. The number of nitrogens with two attached hydrogens (primary N) is 1. The standard InChI is InChI=1S/C44H47N5O8/c1-44-23-27-11-7-8-12-28(27)25-49(44)41(51)32-20-37(55-5)39(22-34(32)47(3)43(44)53)57-16-10-6-9-15-56-38-21-33-31(19-36(38)54-4)40(50)48-24-29-17-30(45)14-13-26(29)18-35(48)42(52)46(33)2/h7-8,11-14,17,19-22,35H,6,9-10,15-16,18,23-25,45H2,1-5H3/t35?,44-/m0/s1. The van der Waals surface area contributed by atoms with E-state index in [1.54, 1.807) is 53.1 Å². The normalized spacial score (nSPS) is 19.7. The Kier molecular flexibility index (Phi) is 9.70. The number of unbranched alkanes of at least 4 members (excludes halogenated alkanes) is 2. The lowest BCUT2D eigenvalue weighted by Crippen LogP contribution is -2.60. The zero-order chi connectivity index (χ0) is 40.2. The zero-order valence-electron chi connectivity index (χ0n) is 32.9. The summed E-state index contributed by atoms with van der Waals surface area (Å²) in [4.78, 5) is 62.2. The number of carbonyl (C=O) groups is 4. The van der Waals surface area contributed by atoms with E-state index in [-0.39, 0.29) is 30.2 Å². The number of benzene rings is 4. The molecule has 4 aliphatic heterocycles. The fraction of sp³-hybridized carbons (Fsp3) is 0.364. The minimum Gasteiger partial charge on any atom is -0.493 e. The molecule has 0 bridgehead atoms. The lowest BCUT2D eigenvalue weighted by Gasteiger charge is -2.43. The molecule has 0 aliphatic carbocycles. The molecule has 2 atom stereocenters. The van der Waals surface area contributed by atoms with Gasteiger partial charge in [-0.05, 0) is 72.7 Å². The highest BCUT2D eigenvalue weighted by molar-refractivity contribution is 6.13. The maximum absolute atomic E-state index is 14.1. The minimum atomic E-state index is -1.04. The number of ether oxygens (including phenoxy) is 4. The summed E-state index contributed by atoms with van der Waals surface area (Å²) in [7, 11) is 6.44. The highest BCUT2D eigenvalue weighted by Gasteiger charge is 2.50. The summed E-state index contributed by atoms with van der Waals surface area (Å²) < 4.78 is 23.7. The van der Waals surface area contributed by atoms with Crippen LogP contribution in [0.15, 0.2) is 66.7 Å². The van der Waals surface area contributed by atoms with Crippen molar-refractivity contribution in [3.05, 3.63) is 100 Å². The largest absolute Gasteiger partial charge is 0.493 e. The van der Waals surface area contributed by atoms with E-state index < -0.39 is 11.6 Å². The van der Waals surface area contributed by atoms with Gasteiger partial charge in [0.05, 0.1) is 49.9 Å². The van der Waals surface area contributed by atoms with Crippen LogP contribution in [0.25, 0.3) is 0 Å². The summed E-state index contributed by atoms with van der Waals surface area (Å²) in [5.74, 6) is 0.878. The van der Waals surface area contributed by atoms with Crippen LogP contribution in [0.3, 0.4) is 0 Å². The molecular weight excluding hydrogens is 727 g/mol. The molecule has 4 amide bonds. The van der Waals surface area contributed by atoms with Gasteiger partial charge in [-0.1, -0.05) is 30.3 Å². The van der Waals surface area contributed by atoms with Gasteiger partial charge < -0.3 is 44.3 Å². The van der Waals surface area contributed by atoms with Crippen molar-refractivity contribution in [3.63, 3.8) is 0 Å². The molecule has 0 saturated heterocycles. The van der Waals surface area contributed by atoms with Gasteiger partial charge in [0.25, 0.3) is 17.7 Å². The second kappa shape index (κ2) is 14.7. The molecule has 0 saturated carbocycles. The maximum Gasteiger partial charge on any atom is 0.257 e. The molecule has 13 nitrogen and oxygen atoms in total. The van der Waals surface area contributed by atoms with Gasteiger partial charge in [0.1, 0.15) is 11.6 Å². The van der Waals surface area contributed by atoms with Gasteiger partial charge in [-0.2, -0.15) is 0 Å². The van der Waals surface area contributed by atoms with E-state index in [2.05, 4.69) is 0 Å². The minimum absolute atomic E-state index is 0.163. The van der Waals surface area contributed by atoms with Gasteiger partial charge in [0, 0.05) is 57.8 Å². The summed E-state index contributed by atoms with van der Waals surface area (Å²) in [5, 5.41) is 0. The Hall–Kier alpha value is -6.24. The van der Waals surface area contributed by atoms with E-state index in [9.17, 15) is 19.2 Å². The Balaban J connectivity index is 0.904. The van der Waals surface area contributed by atoms with Crippen molar-refractivity contribution in [3.8, 4) is 23.0 Å². The van der Waals surface area contributed by atoms with Crippen molar-refractivity contribution in [2.24, 2.45) is 0 Å². The Bertz CT molecular complexity index is 2310. The second-order valence-corrected chi connectivity index (χ2v) is 15.4. The Morgan fingerprint density at radius 2 is 1.30 bits per heavy atom. The highest BCUT2D eigenvalue weighted by Crippen LogP contribution is 2.44. The SMILES string of the molecule is COc1cc2c(cc1OCCCCCOc1cc3c(cc1OC)C(=O)N1Cc4ccccc4C[C@@]1(C)C(=O)N3C)N(C)C(=O)C1Cc3ccc(N)cc3CN1C2=O. The van der Waals surface area contributed by atoms with Crippen molar-refractivity contribution >= 4 is 40.7 Å². The van der Waals surface area contributed by atoms with Gasteiger partial charge in [-0.3, -0.25) is 19.2 Å². The molecule has 13 heteroatoms. The molecule has 0 aromatic heterocycles. The summed E-state index contributed by atoms with van der Waals surface area (Å²) in [5.41, 5.74) is 11.3. The maximum atomic E-state index is 14.1. The van der Waals surface area contributed by atoms with Crippen LogP contribution in [-0.4, -0.2) is 86.5 Å². The first-order valence-corrected chi connectivity index (χ1v) is 19.3. The van der Waals surface area contributed by atoms with Crippen LogP contribution < -0.4 is 34.5 Å². The number of nitrogen functional groups attached to an aromatic ring is 1. The van der Waals surface area contributed by atoms with Gasteiger partial charge in [0.2, 0.25) is 5.91 Å². The molecule has 4 heterocycles. The molecule has 4 aromatic rings. The fourth-order valence-corrected chi connectivity index (χ4v) is 8.62. The molecule has 4 aromatic carbocycles. The molecule has 0 radical (unpaired) electrons. The van der Waals surface area contributed by atoms with E-state index in [4.69, 9.17) is 24.7 Å².